The summed E-state index contributed by atoms with van der Waals surface area (Å²) in [5.74, 6) is -1.16. The lowest BCUT2D eigenvalue weighted by Gasteiger charge is -2.29. The van der Waals surface area contributed by atoms with E-state index in [-0.39, 0.29) is 24.6 Å². The lowest BCUT2D eigenvalue weighted by atomic mass is 10.3. The van der Waals surface area contributed by atoms with Gasteiger partial charge in [0.15, 0.2) is 6.10 Å². The summed E-state index contributed by atoms with van der Waals surface area (Å²) in [5.41, 5.74) is 0. The van der Waals surface area contributed by atoms with Crippen molar-refractivity contribution in [1.82, 2.24) is 4.31 Å². The van der Waals surface area contributed by atoms with E-state index in [1.165, 1.54) is 17.4 Å². The van der Waals surface area contributed by atoms with Crippen molar-refractivity contribution in [2.24, 2.45) is 0 Å². The summed E-state index contributed by atoms with van der Waals surface area (Å²) in [6.07, 6.45) is -1.12. The van der Waals surface area contributed by atoms with Crippen LogP contribution in [0.15, 0.2) is 18.5 Å². The van der Waals surface area contributed by atoms with Crippen molar-refractivity contribution in [3.8, 4) is 0 Å². The Labute approximate surface area is 130 Å². The molecule has 0 amide bonds. The molecule has 1 fully saturated rings. The highest BCUT2D eigenvalue weighted by molar-refractivity contribution is 9.12. The average Bonchev–Trinajstić information content (AvgIpc) is 2.69. The Morgan fingerprint density at radius 1 is 1.53 bits per heavy atom. The molecule has 1 unspecified atom stereocenters. The van der Waals surface area contributed by atoms with Crippen LogP contribution in [0.25, 0.3) is 0 Å². The summed E-state index contributed by atoms with van der Waals surface area (Å²) < 4.78 is 32.2. The quantitative estimate of drug-likeness (QED) is 0.783. The lowest BCUT2D eigenvalue weighted by molar-refractivity contribution is -0.153. The molecule has 6 nitrogen and oxygen atoms in total. The Balaban J connectivity index is 2.29. The molecule has 1 saturated heterocycles. The number of carboxylic acids is 1. The fraction of sp³-hybridized carbons (Fsp3) is 0.444. The smallest absolute Gasteiger partial charge is 0.334 e. The second-order valence-corrected chi connectivity index (χ2v) is 9.40. The molecular weight excluding hydrogens is 426 g/mol. The van der Waals surface area contributed by atoms with E-state index in [0.29, 0.717) is 7.57 Å². The first-order valence-electron chi connectivity index (χ1n) is 5.12. The monoisotopic (exact) mass is 433 g/mol. The number of halogens is 2. The highest BCUT2D eigenvalue weighted by atomic mass is 79.9. The Kier molecular flexibility index (Phi) is 4.68. The number of morpholine rings is 1. The van der Waals surface area contributed by atoms with Crippen LogP contribution < -0.4 is 0 Å². The highest BCUT2D eigenvalue weighted by Crippen LogP contribution is 2.36. The summed E-state index contributed by atoms with van der Waals surface area (Å²) >= 11 is 7.67. The largest absolute Gasteiger partial charge is 0.479 e. The maximum Gasteiger partial charge on any atom is 0.334 e. The Morgan fingerprint density at radius 3 is 2.74 bits per heavy atom. The van der Waals surface area contributed by atoms with Crippen LogP contribution in [0.3, 0.4) is 0 Å². The molecule has 0 aromatic carbocycles. The van der Waals surface area contributed by atoms with Gasteiger partial charge in [0.2, 0.25) is 10.0 Å². The molecule has 10 heteroatoms. The van der Waals surface area contributed by atoms with Crippen LogP contribution in [0.1, 0.15) is 0 Å². The number of carboxylic acid groups (broad SMARTS) is 1. The lowest BCUT2D eigenvalue weighted by Crippen LogP contribution is -2.48. The number of nitrogens with zero attached hydrogens (tertiary/aromatic N) is 1. The highest BCUT2D eigenvalue weighted by Gasteiger charge is 2.35. The SMILES string of the molecule is O=C(O)C1CN(S(=O)(=O)c2cc(Br)sc2Br)CCO1. The van der Waals surface area contributed by atoms with Crippen molar-refractivity contribution in [2.45, 2.75) is 11.0 Å². The first-order valence-corrected chi connectivity index (χ1v) is 8.96. The zero-order valence-electron chi connectivity index (χ0n) is 9.38. The zero-order valence-corrected chi connectivity index (χ0v) is 14.2. The molecule has 0 saturated carbocycles. The van der Waals surface area contributed by atoms with Crippen LogP contribution >= 0.6 is 43.2 Å². The van der Waals surface area contributed by atoms with Gasteiger partial charge in [0, 0.05) is 6.54 Å². The van der Waals surface area contributed by atoms with Gasteiger partial charge in [0.25, 0.3) is 0 Å². The van der Waals surface area contributed by atoms with Gasteiger partial charge in [-0.15, -0.1) is 11.3 Å². The van der Waals surface area contributed by atoms with Crippen LogP contribution in [0.2, 0.25) is 0 Å². The third-order valence-electron chi connectivity index (χ3n) is 2.55. The maximum atomic E-state index is 12.4. The minimum Gasteiger partial charge on any atom is -0.479 e. The normalized spacial score (nSPS) is 21.5. The van der Waals surface area contributed by atoms with Crippen molar-refractivity contribution >= 4 is 59.2 Å². The molecule has 0 bridgehead atoms. The Bertz CT molecular complexity index is 600. The molecular formula is C9H9Br2NO5S2. The first kappa shape index (κ1) is 15.4. The molecule has 0 radical (unpaired) electrons. The van der Waals surface area contributed by atoms with Crippen molar-refractivity contribution < 1.29 is 23.1 Å². The van der Waals surface area contributed by atoms with Gasteiger partial charge in [0.1, 0.15) is 4.90 Å². The van der Waals surface area contributed by atoms with Gasteiger partial charge in [-0.1, -0.05) is 0 Å². The predicted octanol–water partition coefficient (Wildman–Crippen LogP) is 1.75. The molecule has 1 atom stereocenters. The summed E-state index contributed by atoms with van der Waals surface area (Å²) in [4.78, 5) is 11.0. The van der Waals surface area contributed by atoms with Crippen LogP contribution in [0.5, 0.6) is 0 Å². The van der Waals surface area contributed by atoms with E-state index < -0.39 is 22.1 Å². The summed E-state index contributed by atoms with van der Waals surface area (Å²) in [6, 6.07) is 1.50. The zero-order chi connectivity index (χ0) is 14.2. The van der Waals surface area contributed by atoms with E-state index in [9.17, 15) is 13.2 Å². The van der Waals surface area contributed by atoms with Gasteiger partial charge in [-0.2, -0.15) is 4.31 Å². The minimum atomic E-state index is -3.71. The molecule has 0 aliphatic carbocycles. The fourth-order valence-corrected chi connectivity index (χ4v) is 6.82. The third kappa shape index (κ3) is 3.19. The summed E-state index contributed by atoms with van der Waals surface area (Å²) in [6.45, 7) is 0.0305. The second-order valence-electron chi connectivity index (χ2n) is 3.75. The number of aliphatic carboxylic acids is 1. The number of rotatable bonds is 3. The van der Waals surface area contributed by atoms with E-state index in [0.717, 1.165) is 4.31 Å². The molecule has 1 aromatic rings. The first-order chi connectivity index (χ1) is 8.82. The van der Waals surface area contributed by atoms with Crippen molar-refractivity contribution in [2.75, 3.05) is 19.7 Å². The predicted molar refractivity (Wildman–Crippen MR) is 75.9 cm³/mol. The molecule has 1 aliphatic heterocycles. The molecule has 1 N–H and O–H groups in total. The maximum absolute atomic E-state index is 12.4. The minimum absolute atomic E-state index is 0.0686. The van der Waals surface area contributed by atoms with E-state index in [1.807, 2.05) is 0 Å². The molecule has 2 heterocycles. The molecule has 1 aromatic heterocycles. The summed E-state index contributed by atoms with van der Waals surface area (Å²) in [7, 11) is -3.71. The van der Waals surface area contributed by atoms with Gasteiger partial charge in [-0.3, -0.25) is 0 Å². The molecule has 19 heavy (non-hydrogen) atoms. The van der Waals surface area contributed by atoms with Gasteiger partial charge in [0.05, 0.1) is 20.7 Å². The number of ether oxygens (including phenoxy) is 1. The number of carbonyl (C=O) groups is 1. The van der Waals surface area contributed by atoms with E-state index in [2.05, 4.69) is 31.9 Å². The topological polar surface area (TPSA) is 83.9 Å². The molecule has 0 spiro atoms. The fourth-order valence-electron chi connectivity index (χ4n) is 1.63. The third-order valence-corrected chi connectivity index (χ3v) is 7.17. The van der Waals surface area contributed by atoms with Crippen molar-refractivity contribution in [3.05, 3.63) is 13.6 Å². The van der Waals surface area contributed by atoms with E-state index >= 15 is 0 Å². The van der Waals surface area contributed by atoms with Crippen LogP contribution in [-0.2, 0) is 19.6 Å². The molecule has 106 valence electrons. The van der Waals surface area contributed by atoms with Gasteiger partial charge < -0.3 is 9.84 Å². The van der Waals surface area contributed by atoms with E-state index in [4.69, 9.17) is 9.84 Å². The summed E-state index contributed by atoms with van der Waals surface area (Å²) in [5, 5.41) is 8.89. The number of hydrogen-bond acceptors (Lipinski definition) is 5. The second kappa shape index (κ2) is 5.78. The van der Waals surface area contributed by atoms with Gasteiger partial charge >= 0.3 is 5.97 Å². The van der Waals surface area contributed by atoms with Crippen LogP contribution in [0.4, 0.5) is 0 Å². The van der Waals surface area contributed by atoms with Gasteiger partial charge in [-0.05, 0) is 37.9 Å². The Hall–Kier alpha value is -0.000000000000000298. The van der Waals surface area contributed by atoms with E-state index in [1.54, 1.807) is 0 Å². The standard InChI is InChI=1S/C9H9Br2NO5S2/c10-7-3-6(8(11)18-7)19(15,16)12-1-2-17-5(4-12)9(13)14/h3,5H,1-2,4H2,(H,13,14). The average molecular weight is 435 g/mol. The number of sulfonamides is 1. The van der Waals surface area contributed by atoms with Crippen LogP contribution in [-0.4, -0.2) is 49.6 Å². The van der Waals surface area contributed by atoms with Crippen molar-refractivity contribution in [3.63, 3.8) is 0 Å². The van der Waals surface area contributed by atoms with Crippen LogP contribution in [0, 0.1) is 0 Å². The number of thiophene rings is 1. The molecule has 1 aliphatic rings. The Morgan fingerprint density at radius 2 is 2.21 bits per heavy atom. The molecule has 2 rings (SSSR count). The van der Waals surface area contributed by atoms with Crippen molar-refractivity contribution in [1.29, 1.82) is 0 Å². The number of hydrogen-bond donors (Lipinski definition) is 1. The van der Waals surface area contributed by atoms with Gasteiger partial charge in [-0.25, -0.2) is 13.2 Å².